The lowest BCUT2D eigenvalue weighted by Crippen LogP contribution is -2.50. The molecular formula is C13H28N2O2. The van der Waals surface area contributed by atoms with E-state index >= 15 is 0 Å². The lowest BCUT2D eigenvalue weighted by Gasteiger charge is -2.30. The first kappa shape index (κ1) is 16.4. The van der Waals surface area contributed by atoms with E-state index in [1.165, 1.54) is 0 Å². The van der Waals surface area contributed by atoms with Crippen LogP contribution in [0.3, 0.4) is 0 Å². The van der Waals surface area contributed by atoms with Crippen LogP contribution in [-0.4, -0.2) is 29.7 Å². The molecule has 0 aliphatic rings. The normalized spacial score (nSPS) is 11.5. The molecule has 0 aromatic rings. The summed E-state index contributed by atoms with van der Waals surface area (Å²) in [6, 6.07) is 0. The Hall–Kier alpha value is -0.610. The van der Waals surface area contributed by atoms with Crippen LogP contribution in [0.5, 0.6) is 0 Å². The minimum absolute atomic E-state index is 0.0128. The predicted octanol–water partition coefficient (Wildman–Crippen LogP) is 1.56. The van der Waals surface area contributed by atoms with Crippen molar-refractivity contribution in [2.75, 3.05) is 13.2 Å². The van der Waals surface area contributed by atoms with Gasteiger partial charge in [0.05, 0.1) is 12.1 Å². The van der Waals surface area contributed by atoms with E-state index in [0.29, 0.717) is 6.42 Å². The summed E-state index contributed by atoms with van der Waals surface area (Å²) in [4.78, 5) is 11.7. The number of hydrogen-bond donors (Lipinski definition) is 3. The third-order valence-corrected chi connectivity index (χ3v) is 3.42. The van der Waals surface area contributed by atoms with Gasteiger partial charge in [-0.3, -0.25) is 4.79 Å². The molecule has 102 valence electrons. The van der Waals surface area contributed by atoms with Crippen molar-refractivity contribution >= 4 is 5.91 Å². The average molecular weight is 244 g/mol. The molecule has 0 radical (unpaired) electrons. The summed E-state index contributed by atoms with van der Waals surface area (Å²) in [5.41, 5.74) is 4.98. The van der Waals surface area contributed by atoms with Gasteiger partial charge in [0.2, 0.25) is 5.91 Å². The van der Waals surface area contributed by atoms with Crippen molar-refractivity contribution < 1.29 is 9.90 Å². The molecule has 0 bridgehead atoms. The third kappa shape index (κ3) is 6.64. The van der Waals surface area contributed by atoms with Crippen LogP contribution in [0.1, 0.15) is 58.8 Å². The molecule has 0 atom stereocenters. The molecule has 4 heteroatoms. The van der Waals surface area contributed by atoms with Crippen LogP contribution in [0, 0.1) is 0 Å². The first-order valence-electron chi connectivity index (χ1n) is 6.76. The van der Waals surface area contributed by atoms with Crippen LogP contribution in [0.25, 0.3) is 0 Å². The van der Waals surface area contributed by atoms with Gasteiger partial charge in [-0.2, -0.15) is 0 Å². The Balaban J connectivity index is 3.83. The van der Waals surface area contributed by atoms with Gasteiger partial charge in [0, 0.05) is 6.42 Å². The number of unbranched alkanes of at least 4 members (excludes halogenated alkanes) is 3. The summed E-state index contributed by atoms with van der Waals surface area (Å²) >= 11 is 0. The minimum Gasteiger partial charge on any atom is -0.394 e. The van der Waals surface area contributed by atoms with E-state index in [4.69, 9.17) is 5.73 Å². The largest absolute Gasteiger partial charge is 0.394 e. The second-order valence-electron chi connectivity index (χ2n) is 4.65. The second kappa shape index (κ2) is 9.42. The highest BCUT2D eigenvalue weighted by molar-refractivity contribution is 5.76. The van der Waals surface area contributed by atoms with E-state index < -0.39 is 5.54 Å². The van der Waals surface area contributed by atoms with E-state index in [0.717, 1.165) is 45.1 Å². The van der Waals surface area contributed by atoms with E-state index in [1.54, 1.807) is 0 Å². The smallest absolute Gasteiger partial charge is 0.220 e. The summed E-state index contributed by atoms with van der Waals surface area (Å²) in [6.45, 7) is 4.72. The summed E-state index contributed by atoms with van der Waals surface area (Å²) in [5.74, 6) is 0.0514. The molecule has 0 aromatic carbocycles. The first-order chi connectivity index (χ1) is 8.14. The van der Waals surface area contributed by atoms with Crippen molar-refractivity contribution in [2.45, 2.75) is 64.3 Å². The summed E-state index contributed by atoms with van der Waals surface area (Å²) in [5, 5.41) is 12.3. The van der Waals surface area contributed by atoms with Crippen LogP contribution in [0.15, 0.2) is 0 Å². The Labute approximate surface area is 105 Å². The van der Waals surface area contributed by atoms with E-state index in [1.807, 2.05) is 13.8 Å². The molecule has 4 nitrogen and oxygen atoms in total. The molecule has 0 aliphatic carbocycles. The number of amides is 1. The fourth-order valence-corrected chi connectivity index (χ4v) is 1.83. The molecule has 0 saturated carbocycles. The minimum atomic E-state index is -0.422. The molecule has 0 aromatic heterocycles. The van der Waals surface area contributed by atoms with Gasteiger partial charge in [0.1, 0.15) is 0 Å². The number of rotatable bonds is 10. The zero-order valence-corrected chi connectivity index (χ0v) is 11.3. The summed E-state index contributed by atoms with van der Waals surface area (Å²) in [6.07, 6.45) is 6.16. The Morgan fingerprint density at radius 3 is 2.24 bits per heavy atom. The van der Waals surface area contributed by atoms with Gasteiger partial charge in [0.25, 0.3) is 0 Å². The van der Waals surface area contributed by atoms with E-state index in [-0.39, 0.29) is 12.5 Å². The van der Waals surface area contributed by atoms with Crippen molar-refractivity contribution in [2.24, 2.45) is 5.73 Å². The Bertz CT molecular complexity index is 195. The molecule has 0 fully saturated rings. The number of nitrogens with two attached hydrogens (primary N) is 1. The Morgan fingerprint density at radius 2 is 1.76 bits per heavy atom. The molecule has 0 aliphatic heterocycles. The van der Waals surface area contributed by atoms with Crippen molar-refractivity contribution in [3.63, 3.8) is 0 Å². The quantitative estimate of drug-likeness (QED) is 0.510. The molecule has 0 saturated heterocycles. The Morgan fingerprint density at radius 1 is 1.18 bits per heavy atom. The fourth-order valence-electron chi connectivity index (χ4n) is 1.83. The maximum atomic E-state index is 11.7. The standard InChI is InChI=1S/C13H28N2O2/c1-3-13(4-2,11-16)15-12(17)9-7-5-6-8-10-14/h16H,3-11,14H2,1-2H3,(H,15,17). The maximum Gasteiger partial charge on any atom is 0.220 e. The molecule has 0 spiro atoms. The van der Waals surface area contributed by atoms with Crippen molar-refractivity contribution in [1.82, 2.24) is 5.32 Å². The van der Waals surface area contributed by atoms with E-state index in [9.17, 15) is 9.90 Å². The van der Waals surface area contributed by atoms with Crippen molar-refractivity contribution in [3.8, 4) is 0 Å². The lowest BCUT2D eigenvalue weighted by molar-refractivity contribution is -0.123. The zero-order valence-electron chi connectivity index (χ0n) is 11.3. The van der Waals surface area contributed by atoms with Crippen LogP contribution >= 0.6 is 0 Å². The van der Waals surface area contributed by atoms with Gasteiger partial charge in [-0.25, -0.2) is 0 Å². The van der Waals surface area contributed by atoms with Gasteiger partial charge in [-0.05, 0) is 32.2 Å². The molecule has 0 unspecified atom stereocenters. The third-order valence-electron chi connectivity index (χ3n) is 3.42. The van der Waals surface area contributed by atoms with E-state index in [2.05, 4.69) is 5.32 Å². The summed E-state index contributed by atoms with van der Waals surface area (Å²) < 4.78 is 0. The SMILES string of the molecule is CCC(CC)(CO)NC(=O)CCCCCCN. The highest BCUT2D eigenvalue weighted by atomic mass is 16.3. The maximum absolute atomic E-state index is 11.7. The molecular weight excluding hydrogens is 216 g/mol. The van der Waals surface area contributed by atoms with Crippen molar-refractivity contribution in [3.05, 3.63) is 0 Å². The number of aliphatic hydroxyl groups is 1. The number of hydrogen-bond acceptors (Lipinski definition) is 3. The number of carbonyl (C=O) groups excluding carboxylic acids is 1. The van der Waals surface area contributed by atoms with Gasteiger partial charge < -0.3 is 16.2 Å². The van der Waals surface area contributed by atoms with Crippen molar-refractivity contribution in [1.29, 1.82) is 0 Å². The fraction of sp³-hybridized carbons (Fsp3) is 0.923. The Kier molecular flexibility index (Phi) is 9.09. The molecule has 4 N–H and O–H groups in total. The zero-order chi connectivity index (χ0) is 13.1. The lowest BCUT2D eigenvalue weighted by atomic mass is 9.93. The van der Waals surface area contributed by atoms with Gasteiger partial charge in [-0.1, -0.05) is 26.7 Å². The topological polar surface area (TPSA) is 75.3 Å². The van der Waals surface area contributed by atoms with Crippen LogP contribution in [0.4, 0.5) is 0 Å². The average Bonchev–Trinajstić information content (AvgIpc) is 2.36. The summed E-state index contributed by atoms with van der Waals surface area (Å²) in [7, 11) is 0. The monoisotopic (exact) mass is 244 g/mol. The highest BCUT2D eigenvalue weighted by Crippen LogP contribution is 2.14. The predicted molar refractivity (Wildman–Crippen MR) is 70.7 cm³/mol. The second-order valence-corrected chi connectivity index (χ2v) is 4.65. The number of nitrogens with one attached hydrogen (secondary N) is 1. The first-order valence-corrected chi connectivity index (χ1v) is 6.76. The molecule has 1 amide bonds. The molecule has 0 rings (SSSR count). The number of aliphatic hydroxyl groups excluding tert-OH is 1. The molecule has 0 heterocycles. The van der Waals surface area contributed by atoms with Gasteiger partial charge >= 0.3 is 0 Å². The highest BCUT2D eigenvalue weighted by Gasteiger charge is 2.26. The van der Waals surface area contributed by atoms with Crippen LogP contribution < -0.4 is 11.1 Å². The van der Waals surface area contributed by atoms with Crippen LogP contribution in [-0.2, 0) is 4.79 Å². The molecule has 17 heavy (non-hydrogen) atoms. The van der Waals surface area contributed by atoms with Crippen LogP contribution in [0.2, 0.25) is 0 Å². The number of carbonyl (C=O) groups is 1. The van der Waals surface area contributed by atoms with Gasteiger partial charge in [0.15, 0.2) is 0 Å². The van der Waals surface area contributed by atoms with Gasteiger partial charge in [-0.15, -0.1) is 0 Å².